The van der Waals surface area contributed by atoms with Crippen molar-refractivity contribution in [2.24, 2.45) is 5.92 Å². The van der Waals surface area contributed by atoms with Crippen molar-refractivity contribution in [1.82, 2.24) is 10.2 Å². The molecule has 0 aromatic carbocycles. The third-order valence-corrected chi connectivity index (χ3v) is 3.30. The van der Waals surface area contributed by atoms with E-state index in [-0.39, 0.29) is 18.9 Å². The van der Waals surface area contributed by atoms with Gasteiger partial charge in [0.25, 0.3) is 0 Å². The number of hydrogen-bond donors (Lipinski definition) is 1. The van der Waals surface area contributed by atoms with Crippen LogP contribution >= 0.6 is 0 Å². The molecule has 0 aliphatic carbocycles. The summed E-state index contributed by atoms with van der Waals surface area (Å²) in [5.41, 5.74) is -0.419. The fraction of sp³-hybridized carbons (Fsp3) is 0.833. The zero-order chi connectivity index (χ0) is 14.8. The summed E-state index contributed by atoms with van der Waals surface area (Å²) < 4.78 is 36.7. The summed E-state index contributed by atoms with van der Waals surface area (Å²) in [6.45, 7) is 4.11. The van der Waals surface area contributed by atoms with Crippen molar-refractivity contribution in [3.63, 3.8) is 0 Å². The molecule has 7 heteroatoms. The molecular formula is C12H19F3N2O2. The van der Waals surface area contributed by atoms with Crippen LogP contribution in [0.5, 0.6) is 0 Å². The highest BCUT2D eigenvalue weighted by Gasteiger charge is 2.41. The van der Waals surface area contributed by atoms with E-state index in [4.69, 9.17) is 0 Å². The maximum absolute atomic E-state index is 12.2. The Hall–Kier alpha value is -1.27. The van der Waals surface area contributed by atoms with Gasteiger partial charge in [0.15, 0.2) is 0 Å². The van der Waals surface area contributed by atoms with E-state index in [2.05, 4.69) is 5.32 Å². The van der Waals surface area contributed by atoms with Gasteiger partial charge < -0.3 is 10.2 Å². The molecule has 0 spiro atoms. The summed E-state index contributed by atoms with van der Waals surface area (Å²) in [7, 11) is 0. The first kappa shape index (κ1) is 15.8. The van der Waals surface area contributed by atoms with E-state index in [1.807, 2.05) is 20.8 Å². The van der Waals surface area contributed by atoms with Crippen molar-refractivity contribution in [2.45, 2.75) is 45.3 Å². The van der Waals surface area contributed by atoms with Crippen LogP contribution in [0.15, 0.2) is 0 Å². The number of likely N-dealkylation sites (tertiary alicyclic amines) is 1. The minimum absolute atomic E-state index is 0.151. The van der Waals surface area contributed by atoms with Crippen LogP contribution in [0.1, 0.15) is 33.6 Å². The Balaban J connectivity index is 2.59. The minimum Gasteiger partial charge on any atom is -0.351 e. The van der Waals surface area contributed by atoms with E-state index >= 15 is 0 Å². The molecule has 0 radical (unpaired) electrons. The molecular weight excluding hydrogens is 261 g/mol. The molecule has 1 heterocycles. The molecule has 0 aromatic heterocycles. The lowest BCUT2D eigenvalue weighted by Crippen LogP contribution is -2.46. The Kier molecular flexibility index (Phi) is 4.47. The Labute approximate surface area is 110 Å². The molecule has 0 bridgehead atoms. The van der Waals surface area contributed by atoms with Gasteiger partial charge in [0.2, 0.25) is 11.8 Å². The standard InChI is InChI=1S/C12H19F3N2O2/c1-4-11(2,3)16-10(19)8-5-9(18)17(6-8)7-12(13,14)15/h8H,4-7H2,1-3H3,(H,16,19). The summed E-state index contributed by atoms with van der Waals surface area (Å²) in [6.07, 6.45) is -3.88. The molecule has 19 heavy (non-hydrogen) atoms. The number of nitrogens with one attached hydrogen (secondary N) is 1. The molecule has 1 rings (SSSR count). The number of amides is 2. The molecule has 1 aliphatic rings. The Bertz CT molecular complexity index is 366. The van der Waals surface area contributed by atoms with Crippen LogP contribution in [-0.2, 0) is 9.59 Å². The van der Waals surface area contributed by atoms with E-state index < -0.39 is 30.1 Å². The average molecular weight is 280 g/mol. The maximum atomic E-state index is 12.2. The van der Waals surface area contributed by atoms with Crippen molar-refractivity contribution in [3.05, 3.63) is 0 Å². The summed E-state index contributed by atoms with van der Waals surface area (Å²) in [5.74, 6) is -1.67. The van der Waals surface area contributed by atoms with E-state index in [9.17, 15) is 22.8 Å². The van der Waals surface area contributed by atoms with Crippen LogP contribution in [0.2, 0.25) is 0 Å². The van der Waals surface area contributed by atoms with Crippen LogP contribution in [-0.4, -0.2) is 41.5 Å². The third-order valence-electron chi connectivity index (χ3n) is 3.30. The van der Waals surface area contributed by atoms with Gasteiger partial charge in [0, 0.05) is 18.5 Å². The zero-order valence-corrected chi connectivity index (χ0v) is 11.3. The average Bonchev–Trinajstić information content (AvgIpc) is 2.57. The number of hydrogen-bond acceptors (Lipinski definition) is 2. The SMILES string of the molecule is CCC(C)(C)NC(=O)C1CC(=O)N(CC(F)(F)F)C1. The van der Waals surface area contributed by atoms with Crippen LogP contribution in [0, 0.1) is 5.92 Å². The molecule has 1 saturated heterocycles. The fourth-order valence-corrected chi connectivity index (χ4v) is 1.84. The molecule has 1 atom stereocenters. The van der Waals surface area contributed by atoms with Crippen molar-refractivity contribution in [1.29, 1.82) is 0 Å². The molecule has 2 amide bonds. The summed E-state index contributed by atoms with van der Waals surface area (Å²) >= 11 is 0. The molecule has 110 valence electrons. The van der Waals surface area contributed by atoms with E-state index in [1.54, 1.807) is 0 Å². The monoisotopic (exact) mass is 280 g/mol. The number of carbonyl (C=O) groups excluding carboxylic acids is 2. The van der Waals surface area contributed by atoms with E-state index in [0.717, 1.165) is 0 Å². The number of alkyl halides is 3. The molecule has 1 N–H and O–H groups in total. The second-order valence-corrected chi connectivity index (χ2v) is 5.52. The van der Waals surface area contributed by atoms with Gasteiger partial charge >= 0.3 is 6.18 Å². The van der Waals surface area contributed by atoms with Gasteiger partial charge in [-0.15, -0.1) is 0 Å². The quantitative estimate of drug-likeness (QED) is 0.852. The highest BCUT2D eigenvalue weighted by atomic mass is 19.4. The number of nitrogens with zero attached hydrogens (tertiary/aromatic N) is 1. The smallest absolute Gasteiger partial charge is 0.351 e. The molecule has 1 unspecified atom stereocenters. The summed E-state index contributed by atoms with van der Waals surface area (Å²) in [5, 5.41) is 2.75. The molecule has 1 fully saturated rings. The second kappa shape index (κ2) is 5.38. The Morgan fingerprint density at radius 1 is 1.42 bits per heavy atom. The zero-order valence-electron chi connectivity index (χ0n) is 11.3. The van der Waals surface area contributed by atoms with Crippen LogP contribution in [0.4, 0.5) is 13.2 Å². The number of carbonyl (C=O) groups is 2. The van der Waals surface area contributed by atoms with Crippen molar-refractivity contribution in [3.8, 4) is 0 Å². The lowest BCUT2D eigenvalue weighted by atomic mass is 9.99. The first-order valence-corrected chi connectivity index (χ1v) is 6.20. The summed E-state index contributed by atoms with van der Waals surface area (Å²) in [6, 6.07) is 0. The van der Waals surface area contributed by atoms with Gasteiger partial charge in [0.05, 0.1) is 5.92 Å². The van der Waals surface area contributed by atoms with Gasteiger partial charge in [-0.05, 0) is 20.3 Å². The number of halogens is 3. The first-order valence-electron chi connectivity index (χ1n) is 6.20. The molecule has 0 aromatic rings. The lowest BCUT2D eigenvalue weighted by molar-refractivity contribution is -0.157. The predicted octanol–water partition coefficient (Wildman–Crippen LogP) is 1.70. The van der Waals surface area contributed by atoms with Crippen LogP contribution in [0.25, 0.3) is 0 Å². The molecule has 0 saturated carbocycles. The second-order valence-electron chi connectivity index (χ2n) is 5.52. The van der Waals surface area contributed by atoms with Crippen molar-refractivity contribution < 1.29 is 22.8 Å². The van der Waals surface area contributed by atoms with Crippen molar-refractivity contribution >= 4 is 11.8 Å². The van der Waals surface area contributed by atoms with Gasteiger partial charge in [-0.25, -0.2) is 0 Å². The first-order chi connectivity index (χ1) is 8.54. The van der Waals surface area contributed by atoms with E-state index in [0.29, 0.717) is 11.3 Å². The van der Waals surface area contributed by atoms with E-state index in [1.165, 1.54) is 0 Å². The van der Waals surface area contributed by atoms with Crippen LogP contribution in [0.3, 0.4) is 0 Å². The highest BCUT2D eigenvalue weighted by molar-refractivity contribution is 5.89. The van der Waals surface area contributed by atoms with Crippen molar-refractivity contribution in [2.75, 3.05) is 13.1 Å². The van der Waals surface area contributed by atoms with Gasteiger partial charge in [-0.2, -0.15) is 13.2 Å². The Morgan fingerprint density at radius 2 is 2.00 bits per heavy atom. The topological polar surface area (TPSA) is 49.4 Å². The Morgan fingerprint density at radius 3 is 2.47 bits per heavy atom. The lowest BCUT2D eigenvalue weighted by Gasteiger charge is -2.26. The van der Waals surface area contributed by atoms with Gasteiger partial charge in [-0.3, -0.25) is 9.59 Å². The van der Waals surface area contributed by atoms with Crippen LogP contribution < -0.4 is 5.32 Å². The minimum atomic E-state index is -4.43. The van der Waals surface area contributed by atoms with Gasteiger partial charge in [0.1, 0.15) is 6.54 Å². The number of rotatable bonds is 4. The predicted molar refractivity (Wildman–Crippen MR) is 63.3 cm³/mol. The maximum Gasteiger partial charge on any atom is 0.406 e. The normalized spacial score (nSPS) is 20.8. The van der Waals surface area contributed by atoms with Gasteiger partial charge in [-0.1, -0.05) is 6.92 Å². The molecule has 1 aliphatic heterocycles. The highest BCUT2D eigenvalue weighted by Crippen LogP contribution is 2.24. The fourth-order valence-electron chi connectivity index (χ4n) is 1.84. The molecule has 4 nitrogen and oxygen atoms in total. The third kappa shape index (κ3) is 4.72. The summed E-state index contributed by atoms with van der Waals surface area (Å²) in [4.78, 5) is 24.1. The largest absolute Gasteiger partial charge is 0.406 e.